The molecule has 0 unspecified atom stereocenters. The van der Waals surface area contributed by atoms with Crippen LogP contribution in [0.5, 0.6) is 11.5 Å². The van der Waals surface area contributed by atoms with E-state index >= 15 is 0 Å². The molecule has 3 aromatic carbocycles. The molecular weight excluding hydrogens is 343 g/mol. The number of nitrogens with zero attached hydrogens (tertiary/aromatic N) is 1. The van der Waals surface area contributed by atoms with Crippen LogP contribution in [0.25, 0.3) is 0 Å². The van der Waals surface area contributed by atoms with Crippen LogP contribution >= 0.6 is 11.6 Å². The predicted octanol–water partition coefficient (Wildman–Crippen LogP) is 5.33. The van der Waals surface area contributed by atoms with Gasteiger partial charge in [0.15, 0.2) is 5.84 Å². The molecule has 25 heavy (non-hydrogen) atoms. The fourth-order valence-corrected chi connectivity index (χ4v) is 2.34. The Morgan fingerprint density at radius 3 is 2.44 bits per heavy atom. The van der Waals surface area contributed by atoms with Crippen molar-refractivity contribution in [2.24, 2.45) is 4.99 Å². The molecule has 0 spiro atoms. The molecule has 0 saturated carbocycles. The second-order valence-electron chi connectivity index (χ2n) is 5.11. The Morgan fingerprint density at radius 2 is 1.72 bits per heavy atom. The predicted molar refractivity (Wildman–Crippen MR) is 95.5 cm³/mol. The van der Waals surface area contributed by atoms with E-state index in [4.69, 9.17) is 16.3 Å². The molecular formula is C19H14ClFN2O2. The molecule has 0 bridgehead atoms. The summed E-state index contributed by atoms with van der Waals surface area (Å²) in [6, 6.07) is 20.4. The molecule has 6 heteroatoms. The number of rotatable bonds is 4. The van der Waals surface area contributed by atoms with Crippen molar-refractivity contribution < 1.29 is 14.3 Å². The van der Waals surface area contributed by atoms with Crippen molar-refractivity contribution in [1.82, 2.24) is 5.48 Å². The second kappa shape index (κ2) is 7.79. The van der Waals surface area contributed by atoms with Crippen LogP contribution in [0.2, 0.25) is 5.02 Å². The standard InChI is InChI=1S/C19H14ClFN2O2/c20-17-12-14(9-10-18(17)21)22-19(23-24)13-5-4-8-16(11-13)25-15-6-2-1-3-7-15/h1-12,24H,(H,22,23). The Labute approximate surface area is 149 Å². The maximum absolute atomic E-state index is 13.2. The number of para-hydroxylation sites is 1. The van der Waals surface area contributed by atoms with Crippen LogP contribution in [0.15, 0.2) is 77.8 Å². The molecule has 126 valence electrons. The van der Waals surface area contributed by atoms with E-state index < -0.39 is 5.82 Å². The van der Waals surface area contributed by atoms with Gasteiger partial charge in [0.25, 0.3) is 0 Å². The van der Waals surface area contributed by atoms with E-state index in [1.807, 2.05) is 35.8 Å². The lowest BCUT2D eigenvalue weighted by molar-refractivity contribution is 0.235. The highest BCUT2D eigenvalue weighted by Crippen LogP contribution is 2.24. The van der Waals surface area contributed by atoms with E-state index in [-0.39, 0.29) is 10.9 Å². The monoisotopic (exact) mass is 356 g/mol. The normalized spacial score (nSPS) is 11.2. The van der Waals surface area contributed by atoms with Crippen LogP contribution in [-0.4, -0.2) is 11.0 Å². The van der Waals surface area contributed by atoms with Crippen molar-refractivity contribution in [2.45, 2.75) is 0 Å². The smallest absolute Gasteiger partial charge is 0.157 e. The number of hydroxylamine groups is 1. The van der Waals surface area contributed by atoms with E-state index in [9.17, 15) is 9.60 Å². The van der Waals surface area contributed by atoms with Gasteiger partial charge in [-0.05, 0) is 42.5 Å². The topological polar surface area (TPSA) is 53.8 Å². The lowest BCUT2D eigenvalue weighted by atomic mass is 10.2. The summed E-state index contributed by atoms with van der Waals surface area (Å²) >= 11 is 5.75. The van der Waals surface area contributed by atoms with Crippen molar-refractivity contribution in [3.8, 4) is 11.5 Å². The molecule has 0 atom stereocenters. The Balaban J connectivity index is 1.89. The molecule has 0 aromatic heterocycles. The molecule has 3 aromatic rings. The average molecular weight is 357 g/mol. The Kier molecular flexibility index (Phi) is 5.28. The van der Waals surface area contributed by atoms with Crippen molar-refractivity contribution in [3.05, 3.63) is 89.2 Å². The lowest BCUT2D eigenvalue weighted by Crippen LogP contribution is -2.19. The number of aliphatic imine (C=N–C) groups is 1. The number of amidine groups is 1. The fraction of sp³-hybridized carbons (Fsp3) is 0. The minimum Gasteiger partial charge on any atom is -0.457 e. The molecule has 0 fully saturated rings. The van der Waals surface area contributed by atoms with Crippen LogP contribution in [0.1, 0.15) is 5.56 Å². The van der Waals surface area contributed by atoms with Crippen LogP contribution in [-0.2, 0) is 0 Å². The SMILES string of the molecule is ONC(=Nc1ccc(F)c(Cl)c1)c1cccc(Oc2ccccc2)c1. The highest BCUT2D eigenvalue weighted by atomic mass is 35.5. The maximum Gasteiger partial charge on any atom is 0.157 e. The summed E-state index contributed by atoms with van der Waals surface area (Å²) in [5.41, 5.74) is 3.04. The highest BCUT2D eigenvalue weighted by molar-refractivity contribution is 6.31. The quantitative estimate of drug-likeness (QED) is 0.377. The maximum atomic E-state index is 13.2. The van der Waals surface area contributed by atoms with Gasteiger partial charge in [0.2, 0.25) is 0 Å². The van der Waals surface area contributed by atoms with E-state index in [1.165, 1.54) is 18.2 Å². The lowest BCUT2D eigenvalue weighted by Gasteiger charge is -2.09. The van der Waals surface area contributed by atoms with Crippen molar-refractivity contribution in [1.29, 1.82) is 0 Å². The molecule has 3 rings (SSSR count). The number of nitrogens with one attached hydrogen (secondary N) is 1. The van der Waals surface area contributed by atoms with Gasteiger partial charge in [-0.25, -0.2) is 9.38 Å². The van der Waals surface area contributed by atoms with E-state index in [0.29, 0.717) is 22.7 Å². The van der Waals surface area contributed by atoms with Gasteiger partial charge in [-0.1, -0.05) is 41.9 Å². The molecule has 2 N–H and O–H groups in total. The molecule has 0 heterocycles. The van der Waals surface area contributed by atoms with Crippen LogP contribution in [0.4, 0.5) is 10.1 Å². The van der Waals surface area contributed by atoms with Gasteiger partial charge < -0.3 is 4.74 Å². The largest absolute Gasteiger partial charge is 0.457 e. The Hall–Kier alpha value is -2.89. The first-order chi connectivity index (χ1) is 12.2. The Bertz CT molecular complexity index is 901. The summed E-state index contributed by atoms with van der Waals surface area (Å²) in [5.74, 6) is 0.933. The summed E-state index contributed by atoms with van der Waals surface area (Å²) in [6.07, 6.45) is 0. The first-order valence-corrected chi connectivity index (χ1v) is 7.81. The van der Waals surface area contributed by atoms with Crippen LogP contribution in [0.3, 0.4) is 0 Å². The first kappa shape index (κ1) is 17.0. The van der Waals surface area contributed by atoms with Crippen molar-refractivity contribution >= 4 is 23.1 Å². The van der Waals surface area contributed by atoms with Crippen molar-refractivity contribution in [2.75, 3.05) is 0 Å². The molecule has 0 aliphatic carbocycles. The Morgan fingerprint density at radius 1 is 0.960 bits per heavy atom. The molecule has 0 aliphatic rings. The summed E-state index contributed by atoms with van der Waals surface area (Å²) < 4.78 is 19.0. The van der Waals surface area contributed by atoms with Crippen LogP contribution < -0.4 is 10.2 Å². The van der Waals surface area contributed by atoms with Gasteiger partial charge >= 0.3 is 0 Å². The zero-order valence-corrected chi connectivity index (χ0v) is 13.7. The molecule has 0 aliphatic heterocycles. The van der Waals surface area contributed by atoms with E-state index in [1.54, 1.807) is 24.3 Å². The number of halogens is 2. The first-order valence-electron chi connectivity index (χ1n) is 7.43. The summed E-state index contributed by atoms with van der Waals surface area (Å²) in [4.78, 5) is 4.25. The average Bonchev–Trinajstić information content (AvgIpc) is 2.63. The minimum absolute atomic E-state index is 0.0419. The van der Waals surface area contributed by atoms with Gasteiger partial charge in [-0.3, -0.25) is 10.7 Å². The van der Waals surface area contributed by atoms with Gasteiger partial charge in [-0.15, -0.1) is 0 Å². The zero-order valence-electron chi connectivity index (χ0n) is 13.0. The van der Waals surface area contributed by atoms with Gasteiger partial charge in [0, 0.05) is 5.56 Å². The highest BCUT2D eigenvalue weighted by Gasteiger charge is 2.07. The fourth-order valence-electron chi connectivity index (χ4n) is 2.17. The van der Waals surface area contributed by atoms with Gasteiger partial charge in [0.05, 0.1) is 10.7 Å². The van der Waals surface area contributed by atoms with E-state index in [0.717, 1.165) is 0 Å². The molecule has 4 nitrogen and oxygen atoms in total. The number of hydrogen-bond acceptors (Lipinski definition) is 3. The number of hydrogen-bond donors (Lipinski definition) is 2. The molecule has 0 amide bonds. The third-order valence-corrected chi connectivity index (χ3v) is 3.63. The minimum atomic E-state index is -0.530. The number of benzene rings is 3. The summed E-state index contributed by atoms with van der Waals surface area (Å²) in [6.45, 7) is 0. The van der Waals surface area contributed by atoms with Gasteiger partial charge in [-0.2, -0.15) is 0 Å². The van der Waals surface area contributed by atoms with E-state index in [2.05, 4.69) is 4.99 Å². The van der Waals surface area contributed by atoms with Crippen LogP contribution in [0, 0.1) is 5.82 Å². The third-order valence-electron chi connectivity index (χ3n) is 3.34. The summed E-state index contributed by atoms with van der Waals surface area (Å²) in [7, 11) is 0. The molecule has 0 radical (unpaired) electrons. The second-order valence-corrected chi connectivity index (χ2v) is 5.52. The van der Waals surface area contributed by atoms with Gasteiger partial charge in [0.1, 0.15) is 17.3 Å². The summed E-state index contributed by atoms with van der Waals surface area (Å²) in [5, 5.41) is 9.37. The zero-order chi connectivity index (χ0) is 17.6. The van der Waals surface area contributed by atoms with Crippen molar-refractivity contribution in [3.63, 3.8) is 0 Å². The molecule has 0 saturated heterocycles. The third kappa shape index (κ3) is 4.35. The number of ether oxygens (including phenoxy) is 1.